The summed E-state index contributed by atoms with van der Waals surface area (Å²) in [5.74, 6) is 0. The van der Waals surface area contributed by atoms with E-state index in [1.807, 2.05) is 31.2 Å². The van der Waals surface area contributed by atoms with Gasteiger partial charge in [0.25, 0.3) is 5.56 Å². The van der Waals surface area contributed by atoms with E-state index in [1.54, 1.807) is 0 Å². The molecule has 0 saturated heterocycles. The number of nitrogens with zero attached hydrogens (tertiary/aromatic N) is 1. The van der Waals surface area contributed by atoms with E-state index in [4.69, 9.17) is 5.21 Å². The first kappa shape index (κ1) is 12.5. The predicted octanol–water partition coefficient (Wildman–Crippen LogP) is 1.49. The van der Waals surface area contributed by atoms with Crippen LogP contribution in [-0.4, -0.2) is 14.9 Å². The van der Waals surface area contributed by atoms with E-state index in [9.17, 15) is 9.59 Å². The highest BCUT2D eigenvalue weighted by molar-refractivity contribution is 7.99. The topological polar surface area (TPSA) is 75.1 Å². The summed E-state index contributed by atoms with van der Waals surface area (Å²) in [6.45, 7) is 2.04. The number of rotatable bonds is 3. The smallest absolute Gasteiger partial charge is 0.362 e. The summed E-state index contributed by atoms with van der Waals surface area (Å²) in [7, 11) is 0. The van der Waals surface area contributed by atoms with Gasteiger partial charge < -0.3 is 5.21 Å². The highest BCUT2D eigenvalue weighted by atomic mass is 32.2. The van der Waals surface area contributed by atoms with Gasteiger partial charge in [0.15, 0.2) is 0 Å². The second kappa shape index (κ2) is 5.14. The highest BCUT2D eigenvalue weighted by Gasteiger charge is 2.06. The number of hydrogen-bond donors (Lipinski definition) is 2. The Morgan fingerprint density at radius 2 is 2.06 bits per heavy atom. The minimum atomic E-state index is -0.834. The van der Waals surface area contributed by atoms with Crippen LogP contribution < -0.4 is 11.2 Å². The quantitative estimate of drug-likeness (QED) is 0.650. The molecule has 0 radical (unpaired) electrons. The minimum Gasteiger partial charge on any atom is -0.421 e. The average Bonchev–Trinajstić information content (AvgIpc) is 2.36. The Kier molecular flexibility index (Phi) is 3.57. The molecule has 1 aromatic heterocycles. The van der Waals surface area contributed by atoms with Crippen molar-refractivity contribution in [2.24, 2.45) is 0 Å². The van der Waals surface area contributed by atoms with Crippen LogP contribution in [0.3, 0.4) is 0 Å². The van der Waals surface area contributed by atoms with Crippen LogP contribution in [0.15, 0.2) is 49.8 Å². The van der Waals surface area contributed by atoms with E-state index >= 15 is 0 Å². The SMILES string of the molecule is CCc1ccccc1Sc1cc(=O)n(O)c(=O)[nH]1. The lowest BCUT2D eigenvalue weighted by Crippen LogP contribution is -2.32. The zero-order valence-electron chi connectivity index (χ0n) is 9.71. The molecule has 0 fully saturated rings. The molecule has 2 N–H and O–H groups in total. The van der Waals surface area contributed by atoms with Gasteiger partial charge in [0.1, 0.15) is 0 Å². The van der Waals surface area contributed by atoms with Crippen molar-refractivity contribution in [2.75, 3.05) is 0 Å². The number of H-pyrrole nitrogens is 1. The summed E-state index contributed by atoms with van der Waals surface area (Å²) >= 11 is 1.30. The third-order valence-corrected chi connectivity index (χ3v) is 3.52. The zero-order valence-corrected chi connectivity index (χ0v) is 10.5. The van der Waals surface area contributed by atoms with Crippen LogP contribution in [0, 0.1) is 0 Å². The molecular weight excluding hydrogens is 252 g/mol. The Bertz CT molecular complexity index is 644. The van der Waals surface area contributed by atoms with Crippen LogP contribution in [-0.2, 0) is 6.42 Å². The molecule has 0 saturated carbocycles. The fourth-order valence-electron chi connectivity index (χ4n) is 1.54. The molecule has 1 heterocycles. The molecule has 0 spiro atoms. The minimum absolute atomic E-state index is 0.0514. The van der Waals surface area contributed by atoms with Gasteiger partial charge in [-0.15, -0.1) is 0 Å². The van der Waals surface area contributed by atoms with Crippen molar-refractivity contribution in [1.29, 1.82) is 0 Å². The van der Waals surface area contributed by atoms with E-state index in [-0.39, 0.29) is 4.73 Å². The fourth-order valence-corrected chi connectivity index (χ4v) is 2.56. The standard InChI is InChI=1S/C12H12N2O3S/c1-2-8-5-3-4-6-9(8)18-10-7-11(15)14(17)12(16)13-10/h3-7,17H,2H2,1H3,(H,13,16). The molecule has 2 aromatic rings. The molecule has 0 aliphatic rings. The number of aryl methyl sites for hydroxylation is 1. The van der Waals surface area contributed by atoms with Crippen LogP contribution in [0.1, 0.15) is 12.5 Å². The number of aromatic amines is 1. The summed E-state index contributed by atoms with van der Waals surface area (Å²) in [6, 6.07) is 8.95. The van der Waals surface area contributed by atoms with Gasteiger partial charge in [-0.2, -0.15) is 0 Å². The van der Waals surface area contributed by atoms with Crippen LogP contribution in [0.2, 0.25) is 0 Å². The summed E-state index contributed by atoms with van der Waals surface area (Å²) in [4.78, 5) is 25.9. The maximum absolute atomic E-state index is 11.3. The molecular formula is C12H12N2O3S. The van der Waals surface area contributed by atoms with Crippen molar-refractivity contribution in [3.8, 4) is 0 Å². The molecule has 5 nitrogen and oxygen atoms in total. The van der Waals surface area contributed by atoms with E-state index in [2.05, 4.69) is 4.98 Å². The maximum Gasteiger partial charge on any atom is 0.362 e. The van der Waals surface area contributed by atoms with Gasteiger partial charge in [-0.05, 0) is 18.1 Å². The van der Waals surface area contributed by atoms with Gasteiger partial charge in [-0.1, -0.05) is 41.6 Å². The molecule has 0 atom stereocenters. The van der Waals surface area contributed by atoms with E-state index < -0.39 is 11.2 Å². The Morgan fingerprint density at radius 3 is 2.72 bits per heavy atom. The Hall–Kier alpha value is -1.95. The molecule has 0 amide bonds. The van der Waals surface area contributed by atoms with E-state index in [0.717, 1.165) is 16.9 Å². The number of benzene rings is 1. The molecule has 18 heavy (non-hydrogen) atoms. The summed E-state index contributed by atoms with van der Waals surface area (Å²) in [6.07, 6.45) is 0.866. The Labute approximate surface area is 107 Å². The molecule has 0 aliphatic carbocycles. The monoisotopic (exact) mass is 264 g/mol. The summed E-state index contributed by atoms with van der Waals surface area (Å²) < 4.78 is 0.0514. The van der Waals surface area contributed by atoms with Crippen molar-refractivity contribution in [2.45, 2.75) is 23.3 Å². The summed E-state index contributed by atoms with van der Waals surface area (Å²) in [5.41, 5.74) is -0.439. The van der Waals surface area contributed by atoms with Crippen molar-refractivity contribution in [3.05, 3.63) is 56.7 Å². The first-order valence-corrected chi connectivity index (χ1v) is 6.25. The largest absolute Gasteiger partial charge is 0.421 e. The zero-order chi connectivity index (χ0) is 13.1. The van der Waals surface area contributed by atoms with Gasteiger partial charge >= 0.3 is 5.69 Å². The van der Waals surface area contributed by atoms with Gasteiger partial charge in [-0.3, -0.25) is 9.78 Å². The summed E-state index contributed by atoms with van der Waals surface area (Å²) in [5, 5.41) is 9.46. The van der Waals surface area contributed by atoms with Gasteiger partial charge in [0.2, 0.25) is 0 Å². The lowest BCUT2D eigenvalue weighted by molar-refractivity contribution is 0.159. The fraction of sp³-hybridized carbons (Fsp3) is 0.167. The Morgan fingerprint density at radius 1 is 1.33 bits per heavy atom. The molecule has 0 aliphatic heterocycles. The molecule has 0 unspecified atom stereocenters. The second-order valence-corrected chi connectivity index (χ2v) is 4.74. The first-order valence-electron chi connectivity index (χ1n) is 5.43. The lowest BCUT2D eigenvalue weighted by Gasteiger charge is -2.06. The van der Waals surface area contributed by atoms with Gasteiger partial charge in [0.05, 0.1) is 5.03 Å². The molecule has 6 heteroatoms. The van der Waals surface area contributed by atoms with Crippen LogP contribution in [0.25, 0.3) is 0 Å². The van der Waals surface area contributed by atoms with Gasteiger partial charge in [0, 0.05) is 11.0 Å². The van der Waals surface area contributed by atoms with Gasteiger partial charge in [-0.25, -0.2) is 4.79 Å². The molecule has 1 aromatic carbocycles. The molecule has 94 valence electrons. The number of aromatic nitrogens is 2. The normalized spacial score (nSPS) is 10.5. The van der Waals surface area contributed by atoms with Crippen LogP contribution in [0.4, 0.5) is 0 Å². The van der Waals surface area contributed by atoms with E-state index in [1.165, 1.54) is 17.8 Å². The van der Waals surface area contributed by atoms with Crippen molar-refractivity contribution in [1.82, 2.24) is 9.71 Å². The average molecular weight is 264 g/mol. The van der Waals surface area contributed by atoms with Crippen LogP contribution >= 0.6 is 11.8 Å². The number of hydrogen-bond acceptors (Lipinski definition) is 4. The second-order valence-electron chi connectivity index (χ2n) is 3.65. The number of nitrogens with one attached hydrogen (secondary N) is 1. The van der Waals surface area contributed by atoms with Crippen LogP contribution in [0.5, 0.6) is 0 Å². The van der Waals surface area contributed by atoms with E-state index in [0.29, 0.717) is 5.03 Å². The first-order chi connectivity index (χ1) is 8.61. The lowest BCUT2D eigenvalue weighted by atomic mass is 10.2. The third kappa shape index (κ3) is 2.48. The Balaban J connectivity index is 2.40. The maximum atomic E-state index is 11.3. The van der Waals surface area contributed by atoms with Crippen molar-refractivity contribution in [3.63, 3.8) is 0 Å². The van der Waals surface area contributed by atoms with Crippen molar-refractivity contribution >= 4 is 11.8 Å². The van der Waals surface area contributed by atoms with Crippen molar-refractivity contribution < 1.29 is 5.21 Å². The third-order valence-electron chi connectivity index (χ3n) is 2.46. The molecule has 2 rings (SSSR count). The predicted molar refractivity (Wildman–Crippen MR) is 68.5 cm³/mol. The molecule has 0 bridgehead atoms. The highest BCUT2D eigenvalue weighted by Crippen LogP contribution is 2.27.